The molecule has 0 bridgehead atoms. The second-order valence-electron chi connectivity index (χ2n) is 5.60. The van der Waals surface area contributed by atoms with Gasteiger partial charge in [-0.3, -0.25) is 0 Å². The number of carboxylic acid groups (broad SMARTS) is 1. The van der Waals surface area contributed by atoms with Crippen LogP contribution in [0.15, 0.2) is 36.0 Å². The van der Waals surface area contributed by atoms with Crippen LogP contribution in [0.1, 0.15) is 33.6 Å². The molecule has 0 aromatic carbocycles. The average molecular weight is 250 g/mol. The summed E-state index contributed by atoms with van der Waals surface area (Å²) in [6.45, 7) is 9.86. The molecule has 1 aliphatic rings. The Labute approximate surface area is 109 Å². The first kappa shape index (κ1) is 14.7. The standard InChI is InChI=1S/C15H22O3/c1-10(9-14(17)18)5-7-12-11(2)6-8-13(16)15(12,3)4/h5,7,9,12-13,16H,2,6,8H2,1,3-4H3,(H,17,18)/b7-5+,10-9-/t12-,13+/m0/s1. The third kappa shape index (κ3) is 3.33. The maximum Gasteiger partial charge on any atom is 0.328 e. The zero-order chi connectivity index (χ0) is 13.9. The first-order valence-corrected chi connectivity index (χ1v) is 6.20. The second-order valence-corrected chi connectivity index (χ2v) is 5.60. The molecule has 0 heterocycles. The van der Waals surface area contributed by atoms with E-state index in [1.54, 1.807) is 13.0 Å². The predicted molar refractivity (Wildman–Crippen MR) is 72.2 cm³/mol. The largest absolute Gasteiger partial charge is 0.478 e. The first-order valence-electron chi connectivity index (χ1n) is 6.20. The van der Waals surface area contributed by atoms with Crippen LogP contribution in [-0.2, 0) is 4.79 Å². The summed E-state index contributed by atoms with van der Waals surface area (Å²) in [7, 11) is 0. The minimum absolute atomic E-state index is 0.0818. The van der Waals surface area contributed by atoms with E-state index < -0.39 is 5.97 Å². The molecule has 3 heteroatoms. The maximum atomic E-state index is 10.5. The Balaban J connectivity index is 2.90. The van der Waals surface area contributed by atoms with E-state index in [9.17, 15) is 9.90 Å². The number of hydrogen-bond donors (Lipinski definition) is 2. The van der Waals surface area contributed by atoms with Gasteiger partial charge in [0.2, 0.25) is 0 Å². The molecular weight excluding hydrogens is 228 g/mol. The van der Waals surface area contributed by atoms with Gasteiger partial charge in [-0.05, 0) is 25.3 Å². The number of carboxylic acids is 1. The van der Waals surface area contributed by atoms with Crippen LogP contribution in [0, 0.1) is 11.3 Å². The van der Waals surface area contributed by atoms with Gasteiger partial charge in [0, 0.05) is 17.4 Å². The second kappa shape index (κ2) is 5.53. The zero-order valence-corrected chi connectivity index (χ0v) is 11.3. The van der Waals surface area contributed by atoms with Crippen molar-refractivity contribution in [3.8, 4) is 0 Å². The molecule has 0 aliphatic heterocycles. The van der Waals surface area contributed by atoms with Crippen LogP contribution < -0.4 is 0 Å². The summed E-state index contributed by atoms with van der Waals surface area (Å²) < 4.78 is 0. The fraction of sp³-hybridized carbons (Fsp3) is 0.533. The highest BCUT2D eigenvalue weighted by Crippen LogP contribution is 2.44. The fourth-order valence-electron chi connectivity index (χ4n) is 2.46. The third-order valence-electron chi connectivity index (χ3n) is 3.74. The molecule has 1 aliphatic carbocycles. The number of aliphatic hydroxyl groups excluding tert-OH is 1. The van der Waals surface area contributed by atoms with Crippen LogP contribution >= 0.6 is 0 Å². The molecule has 3 nitrogen and oxygen atoms in total. The average Bonchev–Trinajstić information content (AvgIpc) is 2.22. The van der Waals surface area contributed by atoms with E-state index in [4.69, 9.17) is 5.11 Å². The van der Waals surface area contributed by atoms with Gasteiger partial charge >= 0.3 is 5.97 Å². The summed E-state index contributed by atoms with van der Waals surface area (Å²) in [6.07, 6.45) is 6.15. The molecule has 0 spiro atoms. The van der Waals surface area contributed by atoms with Crippen molar-refractivity contribution in [1.29, 1.82) is 0 Å². The SMILES string of the molecule is C=C1CC[C@@H](O)C(C)(C)[C@H]1/C=C/C(C)=C\C(=O)O. The molecule has 0 amide bonds. The predicted octanol–water partition coefficient (Wildman–Crippen LogP) is 2.93. The Kier molecular flexibility index (Phi) is 4.52. The molecule has 18 heavy (non-hydrogen) atoms. The molecule has 0 aromatic heterocycles. The molecule has 0 radical (unpaired) electrons. The van der Waals surface area contributed by atoms with Crippen molar-refractivity contribution in [2.45, 2.75) is 39.7 Å². The van der Waals surface area contributed by atoms with Crippen LogP contribution in [0.25, 0.3) is 0 Å². The minimum atomic E-state index is -0.945. The Morgan fingerprint density at radius 2 is 2.11 bits per heavy atom. The summed E-state index contributed by atoms with van der Waals surface area (Å²) in [4.78, 5) is 10.5. The summed E-state index contributed by atoms with van der Waals surface area (Å²) in [5, 5.41) is 18.7. The summed E-state index contributed by atoms with van der Waals surface area (Å²) in [5.41, 5.74) is 1.53. The number of carbonyl (C=O) groups is 1. The lowest BCUT2D eigenvalue weighted by Crippen LogP contribution is -2.40. The van der Waals surface area contributed by atoms with Crippen molar-refractivity contribution in [1.82, 2.24) is 0 Å². The topological polar surface area (TPSA) is 57.5 Å². The maximum absolute atomic E-state index is 10.5. The monoisotopic (exact) mass is 250 g/mol. The van der Waals surface area contributed by atoms with Crippen LogP contribution in [0.3, 0.4) is 0 Å². The van der Waals surface area contributed by atoms with Crippen LogP contribution in [-0.4, -0.2) is 22.3 Å². The number of allylic oxidation sites excluding steroid dienone is 4. The van der Waals surface area contributed by atoms with Gasteiger partial charge in [0.15, 0.2) is 0 Å². The van der Waals surface area contributed by atoms with E-state index in [1.807, 2.05) is 19.9 Å². The molecule has 2 N–H and O–H groups in total. The number of aliphatic hydroxyl groups is 1. The van der Waals surface area contributed by atoms with Crippen molar-refractivity contribution in [3.63, 3.8) is 0 Å². The zero-order valence-electron chi connectivity index (χ0n) is 11.3. The van der Waals surface area contributed by atoms with Crippen LogP contribution in [0.5, 0.6) is 0 Å². The molecular formula is C15H22O3. The number of aliphatic carboxylic acids is 1. The van der Waals surface area contributed by atoms with Gasteiger partial charge in [-0.15, -0.1) is 0 Å². The lowest BCUT2D eigenvalue weighted by atomic mass is 9.65. The Hall–Kier alpha value is -1.35. The van der Waals surface area contributed by atoms with E-state index in [1.165, 1.54) is 6.08 Å². The molecule has 1 saturated carbocycles. The summed E-state index contributed by atoms with van der Waals surface area (Å²) in [5.74, 6) is -0.864. The Morgan fingerprint density at radius 1 is 1.50 bits per heavy atom. The number of rotatable bonds is 3. The van der Waals surface area contributed by atoms with Gasteiger partial charge in [0.1, 0.15) is 0 Å². The van der Waals surface area contributed by atoms with Crippen molar-refractivity contribution in [2.75, 3.05) is 0 Å². The lowest BCUT2D eigenvalue weighted by Gasteiger charge is -2.42. The highest BCUT2D eigenvalue weighted by atomic mass is 16.4. The molecule has 100 valence electrons. The minimum Gasteiger partial charge on any atom is -0.478 e. The van der Waals surface area contributed by atoms with Crippen LogP contribution in [0.2, 0.25) is 0 Å². The molecule has 0 saturated heterocycles. The van der Waals surface area contributed by atoms with Gasteiger partial charge in [-0.1, -0.05) is 38.2 Å². The molecule has 1 rings (SSSR count). The van der Waals surface area contributed by atoms with Crippen molar-refractivity contribution < 1.29 is 15.0 Å². The quantitative estimate of drug-likeness (QED) is 0.460. The molecule has 0 aromatic rings. The third-order valence-corrected chi connectivity index (χ3v) is 3.74. The van der Waals surface area contributed by atoms with Crippen molar-refractivity contribution >= 4 is 5.97 Å². The lowest BCUT2D eigenvalue weighted by molar-refractivity contribution is -0.131. The van der Waals surface area contributed by atoms with E-state index in [-0.39, 0.29) is 17.4 Å². The van der Waals surface area contributed by atoms with Gasteiger partial charge < -0.3 is 10.2 Å². The molecule has 2 atom stereocenters. The van der Waals surface area contributed by atoms with Crippen molar-refractivity contribution in [2.24, 2.45) is 11.3 Å². The Morgan fingerprint density at radius 3 is 2.67 bits per heavy atom. The summed E-state index contributed by atoms with van der Waals surface area (Å²) >= 11 is 0. The van der Waals surface area contributed by atoms with Gasteiger partial charge in [-0.25, -0.2) is 4.79 Å². The van der Waals surface area contributed by atoms with Gasteiger partial charge in [0.25, 0.3) is 0 Å². The van der Waals surface area contributed by atoms with Gasteiger partial charge in [0.05, 0.1) is 6.10 Å². The Bertz CT molecular complexity index is 402. The normalized spacial score (nSPS) is 28.7. The van der Waals surface area contributed by atoms with Crippen molar-refractivity contribution in [3.05, 3.63) is 36.0 Å². The van der Waals surface area contributed by atoms with Gasteiger partial charge in [-0.2, -0.15) is 0 Å². The smallest absolute Gasteiger partial charge is 0.328 e. The van der Waals surface area contributed by atoms with E-state index >= 15 is 0 Å². The molecule has 1 fully saturated rings. The fourth-order valence-corrected chi connectivity index (χ4v) is 2.46. The van der Waals surface area contributed by atoms with Crippen LogP contribution in [0.4, 0.5) is 0 Å². The molecule has 0 unspecified atom stereocenters. The highest BCUT2D eigenvalue weighted by molar-refractivity contribution is 5.81. The highest BCUT2D eigenvalue weighted by Gasteiger charge is 2.39. The first-order chi connectivity index (χ1) is 8.25. The number of hydrogen-bond acceptors (Lipinski definition) is 2. The van der Waals surface area contributed by atoms with E-state index in [0.717, 1.165) is 18.4 Å². The summed E-state index contributed by atoms with van der Waals surface area (Å²) in [6, 6.07) is 0. The van der Waals surface area contributed by atoms with E-state index in [2.05, 4.69) is 6.58 Å². The van der Waals surface area contributed by atoms with E-state index in [0.29, 0.717) is 5.57 Å².